The second kappa shape index (κ2) is 11.3. The van der Waals surface area contributed by atoms with Gasteiger partial charge in [0.15, 0.2) is 0 Å². The van der Waals surface area contributed by atoms with Crippen LogP contribution in [0.4, 0.5) is 0 Å². The SMILES string of the molecule is CSCCC(NC(=O)C1CCC(C)CC1)C(=O)NCCc1ccccc1. The Morgan fingerprint density at radius 2 is 1.85 bits per heavy atom. The van der Waals surface area contributed by atoms with Crippen LogP contribution in [0.1, 0.15) is 44.6 Å². The first kappa shape index (κ1) is 20.8. The average molecular weight is 377 g/mol. The van der Waals surface area contributed by atoms with Gasteiger partial charge in [-0.25, -0.2) is 0 Å². The maximum absolute atomic E-state index is 12.6. The Balaban J connectivity index is 1.82. The van der Waals surface area contributed by atoms with Crippen molar-refractivity contribution in [3.63, 3.8) is 0 Å². The number of hydrogen-bond donors (Lipinski definition) is 2. The van der Waals surface area contributed by atoms with Crippen LogP contribution >= 0.6 is 11.8 Å². The summed E-state index contributed by atoms with van der Waals surface area (Å²) in [6.07, 6.45) is 7.60. The molecule has 2 amide bonds. The van der Waals surface area contributed by atoms with Crippen LogP contribution in [0.2, 0.25) is 0 Å². The van der Waals surface area contributed by atoms with Gasteiger partial charge in [-0.3, -0.25) is 9.59 Å². The number of carbonyl (C=O) groups is 2. The molecule has 1 atom stereocenters. The zero-order valence-electron chi connectivity index (χ0n) is 16.0. The van der Waals surface area contributed by atoms with Crippen molar-refractivity contribution >= 4 is 23.6 Å². The summed E-state index contributed by atoms with van der Waals surface area (Å²) in [5, 5.41) is 6.01. The summed E-state index contributed by atoms with van der Waals surface area (Å²) in [6.45, 7) is 2.84. The van der Waals surface area contributed by atoms with Crippen LogP contribution in [0.5, 0.6) is 0 Å². The highest BCUT2D eigenvalue weighted by Gasteiger charge is 2.28. The van der Waals surface area contributed by atoms with Gasteiger partial charge in [0, 0.05) is 12.5 Å². The summed E-state index contributed by atoms with van der Waals surface area (Å²) in [5.41, 5.74) is 1.20. The quantitative estimate of drug-likeness (QED) is 0.694. The van der Waals surface area contributed by atoms with E-state index in [9.17, 15) is 9.59 Å². The summed E-state index contributed by atoms with van der Waals surface area (Å²) in [6, 6.07) is 9.69. The minimum Gasteiger partial charge on any atom is -0.354 e. The van der Waals surface area contributed by atoms with Gasteiger partial charge in [-0.05, 0) is 62.0 Å². The Morgan fingerprint density at radius 3 is 2.50 bits per heavy atom. The molecule has 1 aliphatic carbocycles. The standard InChI is InChI=1S/C21H32N2O2S/c1-16-8-10-18(11-9-16)20(24)23-19(13-15-26-2)21(25)22-14-12-17-6-4-3-5-7-17/h3-7,16,18-19H,8-15H2,1-2H3,(H,22,25)(H,23,24). The normalized spacial score (nSPS) is 21.0. The molecule has 144 valence electrons. The highest BCUT2D eigenvalue weighted by Crippen LogP contribution is 2.28. The van der Waals surface area contributed by atoms with E-state index in [1.165, 1.54) is 5.56 Å². The molecule has 2 rings (SSSR count). The first-order valence-electron chi connectivity index (χ1n) is 9.71. The molecule has 1 saturated carbocycles. The van der Waals surface area contributed by atoms with Crippen molar-refractivity contribution in [2.75, 3.05) is 18.6 Å². The lowest BCUT2D eigenvalue weighted by molar-refractivity contribution is -0.132. The van der Waals surface area contributed by atoms with Crippen molar-refractivity contribution in [3.05, 3.63) is 35.9 Å². The van der Waals surface area contributed by atoms with Gasteiger partial charge in [0.1, 0.15) is 6.04 Å². The second-order valence-corrected chi connectivity index (χ2v) is 8.31. The van der Waals surface area contributed by atoms with Gasteiger partial charge in [0.2, 0.25) is 11.8 Å². The summed E-state index contributed by atoms with van der Waals surface area (Å²) >= 11 is 1.70. The number of nitrogens with one attached hydrogen (secondary N) is 2. The van der Waals surface area contributed by atoms with Crippen LogP contribution in [0.25, 0.3) is 0 Å². The maximum atomic E-state index is 12.6. The van der Waals surface area contributed by atoms with Crippen LogP contribution in [0, 0.1) is 11.8 Å². The molecule has 1 aromatic carbocycles. The first-order valence-corrected chi connectivity index (χ1v) is 11.1. The molecule has 1 aromatic rings. The van der Waals surface area contributed by atoms with Gasteiger partial charge in [0.25, 0.3) is 0 Å². The van der Waals surface area contributed by atoms with E-state index >= 15 is 0 Å². The fourth-order valence-electron chi connectivity index (χ4n) is 3.41. The Labute approximate surface area is 161 Å². The lowest BCUT2D eigenvalue weighted by Crippen LogP contribution is -2.49. The van der Waals surface area contributed by atoms with Crippen molar-refractivity contribution in [2.24, 2.45) is 11.8 Å². The molecule has 0 aromatic heterocycles. The van der Waals surface area contributed by atoms with E-state index in [1.807, 2.05) is 24.5 Å². The van der Waals surface area contributed by atoms with Crippen LogP contribution in [0.15, 0.2) is 30.3 Å². The molecule has 1 aliphatic rings. The predicted molar refractivity (Wildman–Crippen MR) is 109 cm³/mol. The number of carbonyl (C=O) groups excluding carboxylic acids is 2. The van der Waals surface area contributed by atoms with Crippen LogP contribution in [0.3, 0.4) is 0 Å². The van der Waals surface area contributed by atoms with E-state index < -0.39 is 6.04 Å². The number of benzene rings is 1. The fraction of sp³-hybridized carbons (Fsp3) is 0.619. The average Bonchev–Trinajstić information content (AvgIpc) is 2.66. The largest absolute Gasteiger partial charge is 0.354 e. The Kier molecular flexibility index (Phi) is 9.02. The third-order valence-corrected chi connectivity index (χ3v) is 5.83. The van der Waals surface area contributed by atoms with Gasteiger partial charge in [-0.2, -0.15) is 11.8 Å². The smallest absolute Gasteiger partial charge is 0.242 e. The number of rotatable bonds is 9. The number of hydrogen-bond acceptors (Lipinski definition) is 3. The lowest BCUT2D eigenvalue weighted by atomic mass is 9.82. The van der Waals surface area contributed by atoms with Gasteiger partial charge in [-0.1, -0.05) is 37.3 Å². The molecule has 0 bridgehead atoms. The Morgan fingerprint density at radius 1 is 1.15 bits per heavy atom. The highest BCUT2D eigenvalue weighted by molar-refractivity contribution is 7.98. The third kappa shape index (κ3) is 7.02. The van der Waals surface area contributed by atoms with Crippen molar-refractivity contribution in [1.82, 2.24) is 10.6 Å². The number of thioether (sulfide) groups is 1. The monoisotopic (exact) mass is 376 g/mol. The molecule has 26 heavy (non-hydrogen) atoms. The number of amides is 2. The molecule has 0 heterocycles. The van der Waals surface area contributed by atoms with Crippen molar-refractivity contribution < 1.29 is 9.59 Å². The lowest BCUT2D eigenvalue weighted by Gasteiger charge is -2.27. The van der Waals surface area contributed by atoms with E-state index in [2.05, 4.69) is 29.7 Å². The molecule has 5 heteroatoms. The minimum absolute atomic E-state index is 0.0567. The maximum Gasteiger partial charge on any atom is 0.242 e. The molecule has 0 spiro atoms. The topological polar surface area (TPSA) is 58.2 Å². The first-order chi connectivity index (χ1) is 12.6. The van der Waals surface area contributed by atoms with E-state index in [1.54, 1.807) is 11.8 Å². The zero-order valence-corrected chi connectivity index (χ0v) is 16.8. The predicted octanol–water partition coefficient (Wildman–Crippen LogP) is 3.41. The van der Waals surface area contributed by atoms with E-state index in [4.69, 9.17) is 0 Å². The third-order valence-electron chi connectivity index (χ3n) is 5.19. The molecular weight excluding hydrogens is 344 g/mol. The van der Waals surface area contributed by atoms with Crippen LogP contribution in [-0.4, -0.2) is 36.4 Å². The molecule has 0 aliphatic heterocycles. The van der Waals surface area contributed by atoms with Gasteiger partial charge in [0.05, 0.1) is 0 Å². The summed E-state index contributed by atoms with van der Waals surface area (Å²) in [5.74, 6) is 1.64. The molecule has 2 N–H and O–H groups in total. The van der Waals surface area contributed by atoms with Crippen LogP contribution in [-0.2, 0) is 16.0 Å². The van der Waals surface area contributed by atoms with Crippen LogP contribution < -0.4 is 10.6 Å². The molecule has 0 saturated heterocycles. The van der Waals surface area contributed by atoms with E-state index in [0.717, 1.165) is 37.9 Å². The molecule has 4 nitrogen and oxygen atoms in total. The summed E-state index contributed by atoms with van der Waals surface area (Å²) in [7, 11) is 0. The van der Waals surface area contributed by atoms with Gasteiger partial charge in [-0.15, -0.1) is 0 Å². The Hall–Kier alpha value is -1.49. The summed E-state index contributed by atoms with van der Waals surface area (Å²) < 4.78 is 0. The van der Waals surface area contributed by atoms with Gasteiger partial charge >= 0.3 is 0 Å². The molecule has 0 radical (unpaired) electrons. The zero-order chi connectivity index (χ0) is 18.8. The Bertz CT molecular complexity index is 556. The van der Waals surface area contributed by atoms with Crippen molar-refractivity contribution in [2.45, 2.75) is 51.5 Å². The fourth-order valence-corrected chi connectivity index (χ4v) is 3.89. The molecule has 1 unspecified atom stereocenters. The van der Waals surface area contributed by atoms with Gasteiger partial charge < -0.3 is 10.6 Å². The van der Waals surface area contributed by atoms with E-state index in [0.29, 0.717) is 18.9 Å². The van der Waals surface area contributed by atoms with E-state index in [-0.39, 0.29) is 17.7 Å². The minimum atomic E-state index is -0.426. The molecule has 1 fully saturated rings. The summed E-state index contributed by atoms with van der Waals surface area (Å²) in [4.78, 5) is 25.2. The molecular formula is C21H32N2O2S. The highest BCUT2D eigenvalue weighted by atomic mass is 32.2. The van der Waals surface area contributed by atoms with Crippen molar-refractivity contribution in [3.8, 4) is 0 Å². The second-order valence-electron chi connectivity index (χ2n) is 7.33. The van der Waals surface area contributed by atoms with Crippen molar-refractivity contribution in [1.29, 1.82) is 0 Å².